The van der Waals surface area contributed by atoms with Crippen molar-refractivity contribution in [3.8, 4) is 5.69 Å². The summed E-state index contributed by atoms with van der Waals surface area (Å²) in [5, 5.41) is 20.0. The van der Waals surface area contributed by atoms with Gasteiger partial charge in [-0.3, -0.25) is 4.79 Å². The average molecular weight is 271 g/mol. The third-order valence-corrected chi connectivity index (χ3v) is 3.13. The zero-order valence-corrected chi connectivity index (χ0v) is 10.0. The van der Waals surface area contributed by atoms with Crippen LogP contribution in [-0.4, -0.2) is 37.0 Å². The van der Waals surface area contributed by atoms with E-state index in [2.05, 4.69) is 15.5 Å². The summed E-state index contributed by atoms with van der Waals surface area (Å²) in [4.78, 5) is 11.3. The number of tetrazole rings is 1. The lowest BCUT2D eigenvalue weighted by Crippen LogP contribution is -2.01. The van der Waals surface area contributed by atoms with Crippen LogP contribution in [0.4, 0.5) is 0 Å². The van der Waals surface area contributed by atoms with E-state index < -0.39 is 5.97 Å². The minimum Gasteiger partial charge on any atom is -0.481 e. The number of benzene rings is 1. The second-order valence-electron chi connectivity index (χ2n) is 3.05. The molecule has 0 aliphatic carbocycles. The number of halogens is 1. The van der Waals surface area contributed by atoms with Gasteiger partial charge in [0, 0.05) is 9.92 Å². The Labute approximate surface area is 106 Å². The van der Waals surface area contributed by atoms with E-state index in [-0.39, 0.29) is 5.75 Å². The second-order valence-corrected chi connectivity index (χ2v) is 4.50. The van der Waals surface area contributed by atoms with Crippen molar-refractivity contribution in [1.29, 1.82) is 0 Å². The molecular formula is C9H7ClN4O2S. The Balaban J connectivity index is 2.34. The maximum Gasteiger partial charge on any atom is 0.313 e. The van der Waals surface area contributed by atoms with Gasteiger partial charge in [0.15, 0.2) is 0 Å². The van der Waals surface area contributed by atoms with Crippen LogP contribution in [0.1, 0.15) is 0 Å². The van der Waals surface area contributed by atoms with E-state index in [0.717, 1.165) is 0 Å². The molecule has 2 aromatic rings. The summed E-state index contributed by atoms with van der Waals surface area (Å²) in [6.45, 7) is 0. The Hall–Kier alpha value is -1.60. The van der Waals surface area contributed by atoms with Gasteiger partial charge >= 0.3 is 5.97 Å². The maximum atomic E-state index is 10.6. The van der Waals surface area contributed by atoms with Crippen molar-refractivity contribution in [2.45, 2.75) is 4.90 Å². The molecule has 1 aromatic carbocycles. The molecule has 1 N–H and O–H groups in total. The van der Waals surface area contributed by atoms with Crippen LogP contribution in [0.15, 0.2) is 29.4 Å². The van der Waals surface area contributed by atoms with Crippen LogP contribution >= 0.6 is 23.4 Å². The monoisotopic (exact) mass is 270 g/mol. The molecule has 0 bridgehead atoms. The van der Waals surface area contributed by atoms with E-state index >= 15 is 0 Å². The van der Waals surface area contributed by atoms with Gasteiger partial charge in [0.05, 0.1) is 11.4 Å². The van der Waals surface area contributed by atoms with Crippen molar-refractivity contribution >= 4 is 29.3 Å². The van der Waals surface area contributed by atoms with Crippen molar-refractivity contribution < 1.29 is 9.90 Å². The number of carboxylic acids is 1. The van der Waals surface area contributed by atoms with Crippen molar-refractivity contribution in [2.24, 2.45) is 0 Å². The standard InChI is InChI=1S/C9H7ClN4O2S/c10-6-1-2-7(14-5-11-12-13-14)8(3-6)17-4-9(15)16/h1-3,5H,4H2,(H,15,16). The summed E-state index contributed by atoms with van der Waals surface area (Å²) in [7, 11) is 0. The molecule has 0 atom stereocenters. The zero-order valence-electron chi connectivity index (χ0n) is 8.45. The summed E-state index contributed by atoms with van der Waals surface area (Å²) >= 11 is 7.04. The summed E-state index contributed by atoms with van der Waals surface area (Å²) < 4.78 is 1.46. The van der Waals surface area contributed by atoms with E-state index in [0.29, 0.717) is 15.6 Å². The van der Waals surface area contributed by atoms with Crippen LogP contribution in [0.3, 0.4) is 0 Å². The van der Waals surface area contributed by atoms with E-state index in [4.69, 9.17) is 16.7 Å². The van der Waals surface area contributed by atoms with Gasteiger partial charge in [-0.2, -0.15) is 4.68 Å². The van der Waals surface area contributed by atoms with Crippen LogP contribution in [-0.2, 0) is 4.79 Å². The summed E-state index contributed by atoms with van der Waals surface area (Å²) in [6.07, 6.45) is 1.44. The molecule has 0 unspecified atom stereocenters. The Kier molecular flexibility index (Phi) is 3.60. The molecule has 0 aliphatic rings. The van der Waals surface area contributed by atoms with Crippen LogP contribution in [0.25, 0.3) is 5.69 Å². The molecule has 8 heteroatoms. The lowest BCUT2D eigenvalue weighted by molar-refractivity contribution is -0.133. The van der Waals surface area contributed by atoms with E-state index in [1.807, 2.05) is 0 Å². The fourth-order valence-corrected chi connectivity index (χ4v) is 2.24. The fraction of sp³-hybridized carbons (Fsp3) is 0.111. The predicted octanol–water partition coefficient (Wildman–Crippen LogP) is 1.49. The first-order chi connectivity index (χ1) is 8.16. The molecule has 0 spiro atoms. The third kappa shape index (κ3) is 2.95. The number of hydrogen-bond acceptors (Lipinski definition) is 5. The Morgan fingerprint density at radius 3 is 3.00 bits per heavy atom. The highest BCUT2D eigenvalue weighted by atomic mass is 35.5. The molecule has 0 aliphatic heterocycles. The third-order valence-electron chi connectivity index (χ3n) is 1.87. The average Bonchev–Trinajstić information content (AvgIpc) is 2.80. The molecule has 1 aromatic heterocycles. The minimum absolute atomic E-state index is 0.0462. The molecule has 0 saturated heterocycles. The van der Waals surface area contributed by atoms with E-state index in [1.165, 1.54) is 22.8 Å². The highest BCUT2D eigenvalue weighted by Gasteiger charge is 2.09. The second kappa shape index (κ2) is 5.15. The molecule has 6 nitrogen and oxygen atoms in total. The summed E-state index contributed by atoms with van der Waals surface area (Å²) in [6, 6.07) is 5.12. The van der Waals surface area contributed by atoms with Crippen LogP contribution in [0.5, 0.6) is 0 Å². The van der Waals surface area contributed by atoms with Gasteiger partial charge in [-0.25, -0.2) is 0 Å². The van der Waals surface area contributed by atoms with Gasteiger partial charge < -0.3 is 5.11 Å². The number of rotatable bonds is 4. The minimum atomic E-state index is -0.891. The predicted molar refractivity (Wildman–Crippen MR) is 62.5 cm³/mol. The molecule has 88 valence electrons. The van der Waals surface area contributed by atoms with Crippen LogP contribution in [0.2, 0.25) is 5.02 Å². The van der Waals surface area contributed by atoms with Gasteiger partial charge in [0.1, 0.15) is 6.33 Å². The molecule has 0 amide bonds. The van der Waals surface area contributed by atoms with Crippen molar-refractivity contribution in [3.63, 3.8) is 0 Å². The number of hydrogen-bond donors (Lipinski definition) is 1. The van der Waals surface area contributed by atoms with Crippen LogP contribution in [0, 0.1) is 0 Å². The first-order valence-electron chi connectivity index (χ1n) is 4.54. The van der Waals surface area contributed by atoms with Crippen molar-refractivity contribution in [2.75, 3.05) is 5.75 Å². The number of aliphatic carboxylic acids is 1. The largest absolute Gasteiger partial charge is 0.481 e. The SMILES string of the molecule is O=C(O)CSc1cc(Cl)ccc1-n1cnnn1. The molecule has 0 fully saturated rings. The number of aromatic nitrogens is 4. The first-order valence-corrected chi connectivity index (χ1v) is 5.90. The first kappa shape index (κ1) is 11.9. The normalized spacial score (nSPS) is 10.4. The van der Waals surface area contributed by atoms with Gasteiger partial charge in [0.25, 0.3) is 0 Å². The van der Waals surface area contributed by atoms with E-state index in [1.54, 1.807) is 18.2 Å². The molecule has 17 heavy (non-hydrogen) atoms. The van der Waals surface area contributed by atoms with Crippen molar-refractivity contribution in [3.05, 3.63) is 29.5 Å². The summed E-state index contributed by atoms with van der Waals surface area (Å²) in [5.74, 6) is -0.937. The van der Waals surface area contributed by atoms with E-state index in [9.17, 15) is 4.79 Å². The lowest BCUT2D eigenvalue weighted by atomic mass is 10.3. The lowest BCUT2D eigenvalue weighted by Gasteiger charge is -2.07. The zero-order chi connectivity index (χ0) is 12.3. The Morgan fingerprint density at radius 2 is 2.35 bits per heavy atom. The topological polar surface area (TPSA) is 80.9 Å². The number of carboxylic acid groups (broad SMARTS) is 1. The molecule has 0 saturated carbocycles. The highest BCUT2D eigenvalue weighted by Crippen LogP contribution is 2.28. The van der Waals surface area contributed by atoms with Gasteiger partial charge in [0.2, 0.25) is 0 Å². The van der Waals surface area contributed by atoms with Crippen LogP contribution < -0.4 is 0 Å². The fourth-order valence-electron chi connectivity index (χ4n) is 1.20. The molecule has 2 rings (SSSR count). The molecule has 1 heterocycles. The Bertz CT molecular complexity index is 532. The smallest absolute Gasteiger partial charge is 0.313 e. The summed E-state index contributed by atoms with van der Waals surface area (Å²) in [5.41, 5.74) is 0.700. The molecule has 0 radical (unpaired) electrons. The quantitative estimate of drug-likeness (QED) is 0.848. The number of nitrogens with zero attached hydrogens (tertiary/aromatic N) is 4. The Morgan fingerprint density at radius 1 is 1.53 bits per heavy atom. The number of carbonyl (C=O) groups is 1. The highest BCUT2D eigenvalue weighted by molar-refractivity contribution is 8.00. The molecular weight excluding hydrogens is 264 g/mol. The number of thioether (sulfide) groups is 1. The van der Waals surface area contributed by atoms with Gasteiger partial charge in [-0.1, -0.05) is 11.6 Å². The van der Waals surface area contributed by atoms with Gasteiger partial charge in [-0.05, 0) is 28.6 Å². The van der Waals surface area contributed by atoms with Gasteiger partial charge in [-0.15, -0.1) is 16.9 Å². The maximum absolute atomic E-state index is 10.6. The van der Waals surface area contributed by atoms with Crippen molar-refractivity contribution in [1.82, 2.24) is 20.2 Å².